The summed E-state index contributed by atoms with van der Waals surface area (Å²) in [5.41, 5.74) is 1.36. The fraction of sp³-hybridized carbons (Fsp3) is 0.438. The van der Waals surface area contributed by atoms with Gasteiger partial charge in [0.25, 0.3) is 0 Å². The van der Waals surface area contributed by atoms with Crippen LogP contribution in [0.3, 0.4) is 0 Å². The largest absolute Gasteiger partial charge is 0.355 e. The number of carbonyl (C=O) groups excluding carboxylic acids is 2. The molecule has 122 valence electrons. The average Bonchev–Trinajstić information content (AvgIpc) is 2.99. The molecule has 1 fully saturated rings. The number of amides is 2. The maximum absolute atomic E-state index is 12.6. The van der Waals surface area contributed by atoms with Gasteiger partial charge in [-0.1, -0.05) is 20.8 Å². The molecule has 0 bridgehead atoms. The van der Waals surface area contributed by atoms with E-state index >= 15 is 0 Å². The number of H-pyrrole nitrogens is 2. The average molecular weight is 316 g/mol. The Labute approximate surface area is 132 Å². The van der Waals surface area contributed by atoms with Crippen LogP contribution in [0.1, 0.15) is 20.8 Å². The minimum Gasteiger partial charge on any atom is -0.355 e. The van der Waals surface area contributed by atoms with Crippen molar-refractivity contribution in [1.82, 2.24) is 15.3 Å². The molecule has 1 aromatic carbocycles. The van der Waals surface area contributed by atoms with Gasteiger partial charge >= 0.3 is 5.69 Å². The van der Waals surface area contributed by atoms with Crippen LogP contribution in [0.5, 0.6) is 0 Å². The second-order valence-corrected chi connectivity index (χ2v) is 7.02. The molecular formula is C16H20N4O3. The smallest absolute Gasteiger partial charge is 0.323 e. The first-order valence-corrected chi connectivity index (χ1v) is 7.56. The Balaban J connectivity index is 1.84. The maximum atomic E-state index is 12.6. The van der Waals surface area contributed by atoms with Gasteiger partial charge < -0.3 is 20.6 Å². The molecule has 2 aromatic rings. The van der Waals surface area contributed by atoms with Crippen molar-refractivity contribution >= 4 is 28.5 Å². The van der Waals surface area contributed by atoms with Gasteiger partial charge in [-0.05, 0) is 23.6 Å². The van der Waals surface area contributed by atoms with Crippen molar-refractivity contribution in [2.24, 2.45) is 17.3 Å². The molecule has 0 radical (unpaired) electrons. The van der Waals surface area contributed by atoms with Crippen LogP contribution in [0.2, 0.25) is 0 Å². The van der Waals surface area contributed by atoms with E-state index in [-0.39, 0.29) is 28.8 Å². The predicted octanol–water partition coefficient (Wildman–Crippen LogP) is 1.20. The first kappa shape index (κ1) is 15.3. The number of rotatable bonds is 2. The monoisotopic (exact) mass is 316 g/mol. The summed E-state index contributed by atoms with van der Waals surface area (Å²) in [5, 5.41) is 5.56. The van der Waals surface area contributed by atoms with E-state index in [4.69, 9.17) is 0 Å². The zero-order chi connectivity index (χ0) is 16.8. The molecule has 0 saturated carbocycles. The van der Waals surface area contributed by atoms with Crippen LogP contribution in [-0.4, -0.2) is 28.3 Å². The fourth-order valence-electron chi connectivity index (χ4n) is 3.06. The van der Waals surface area contributed by atoms with E-state index < -0.39 is 5.92 Å². The van der Waals surface area contributed by atoms with Crippen LogP contribution in [0.4, 0.5) is 5.69 Å². The Hall–Kier alpha value is -2.57. The third-order valence-electron chi connectivity index (χ3n) is 4.36. The number of benzene rings is 1. The molecule has 0 aliphatic carbocycles. The molecule has 4 N–H and O–H groups in total. The van der Waals surface area contributed by atoms with Gasteiger partial charge in [-0.2, -0.15) is 0 Å². The van der Waals surface area contributed by atoms with Crippen molar-refractivity contribution in [2.75, 3.05) is 11.9 Å². The molecule has 7 nitrogen and oxygen atoms in total. The Morgan fingerprint density at radius 3 is 2.57 bits per heavy atom. The van der Waals surface area contributed by atoms with Crippen LogP contribution < -0.4 is 16.3 Å². The predicted molar refractivity (Wildman–Crippen MR) is 87.0 cm³/mol. The first-order valence-electron chi connectivity index (χ1n) is 7.56. The fourth-order valence-corrected chi connectivity index (χ4v) is 3.06. The molecule has 23 heavy (non-hydrogen) atoms. The summed E-state index contributed by atoms with van der Waals surface area (Å²) in [5.74, 6) is -1.34. The molecule has 2 heterocycles. The van der Waals surface area contributed by atoms with E-state index in [1.54, 1.807) is 18.2 Å². The Morgan fingerprint density at radius 2 is 1.87 bits per heavy atom. The molecule has 2 atom stereocenters. The number of hydrogen-bond donors (Lipinski definition) is 4. The summed E-state index contributed by atoms with van der Waals surface area (Å²) >= 11 is 0. The van der Waals surface area contributed by atoms with E-state index in [9.17, 15) is 14.4 Å². The number of aromatic amines is 2. The lowest BCUT2D eigenvalue weighted by Gasteiger charge is -2.29. The third kappa shape index (κ3) is 2.86. The summed E-state index contributed by atoms with van der Waals surface area (Å²) in [7, 11) is 0. The molecule has 0 unspecified atom stereocenters. The number of aromatic nitrogens is 2. The summed E-state index contributed by atoms with van der Waals surface area (Å²) in [4.78, 5) is 41.2. The minimum atomic E-state index is -0.712. The van der Waals surface area contributed by atoms with Crippen LogP contribution >= 0.6 is 0 Å². The van der Waals surface area contributed by atoms with E-state index in [1.165, 1.54) is 0 Å². The number of carbonyl (C=O) groups is 2. The molecule has 7 heteroatoms. The highest BCUT2D eigenvalue weighted by atomic mass is 16.2. The Bertz CT molecular complexity index is 828. The SMILES string of the molecule is CC(C)(C)[C@H]1CNC(=O)[C@@H]1C(=O)Nc1ccc2[nH]c(=O)[nH]c2c1. The van der Waals surface area contributed by atoms with Gasteiger partial charge in [0.2, 0.25) is 11.8 Å². The van der Waals surface area contributed by atoms with Gasteiger partial charge in [0.1, 0.15) is 5.92 Å². The highest BCUT2D eigenvalue weighted by Crippen LogP contribution is 2.35. The second kappa shape index (κ2) is 5.26. The lowest BCUT2D eigenvalue weighted by molar-refractivity contribution is -0.132. The number of hydrogen-bond acceptors (Lipinski definition) is 3. The highest BCUT2D eigenvalue weighted by Gasteiger charge is 2.45. The second-order valence-electron chi connectivity index (χ2n) is 7.02. The molecule has 3 rings (SSSR count). The first-order chi connectivity index (χ1) is 10.8. The van der Waals surface area contributed by atoms with E-state index in [0.717, 1.165) is 0 Å². The molecule has 0 spiro atoms. The lowest BCUT2D eigenvalue weighted by Crippen LogP contribution is -2.37. The standard InChI is InChI=1S/C16H20N4O3/c1-16(2,3)9-7-17-13(21)12(9)14(22)18-8-4-5-10-11(6-8)20-15(23)19-10/h4-6,9,12H,7H2,1-3H3,(H,17,21)(H,18,22)(H2,19,20,23)/t9-,12+/m0/s1. The van der Waals surface area contributed by atoms with Gasteiger partial charge in [0.15, 0.2) is 0 Å². The van der Waals surface area contributed by atoms with Crippen molar-refractivity contribution in [3.8, 4) is 0 Å². The summed E-state index contributed by atoms with van der Waals surface area (Å²) in [6.45, 7) is 6.57. The third-order valence-corrected chi connectivity index (χ3v) is 4.36. The lowest BCUT2D eigenvalue weighted by atomic mass is 9.74. The normalized spacial score (nSPS) is 21.4. The van der Waals surface area contributed by atoms with Crippen molar-refractivity contribution in [3.05, 3.63) is 28.7 Å². The summed E-state index contributed by atoms with van der Waals surface area (Å²) in [6.07, 6.45) is 0. The van der Waals surface area contributed by atoms with Gasteiger partial charge in [0, 0.05) is 18.2 Å². The Kier molecular flexibility index (Phi) is 3.50. The quantitative estimate of drug-likeness (QED) is 0.625. The number of fused-ring (bicyclic) bond motifs is 1. The Morgan fingerprint density at radius 1 is 1.17 bits per heavy atom. The van der Waals surface area contributed by atoms with Gasteiger partial charge in [-0.25, -0.2) is 4.79 Å². The van der Waals surface area contributed by atoms with E-state index in [0.29, 0.717) is 23.3 Å². The van der Waals surface area contributed by atoms with Crippen molar-refractivity contribution in [1.29, 1.82) is 0 Å². The minimum absolute atomic E-state index is 0.0641. The van der Waals surface area contributed by atoms with Gasteiger partial charge in [-0.15, -0.1) is 0 Å². The van der Waals surface area contributed by atoms with Crippen LogP contribution in [0.15, 0.2) is 23.0 Å². The topological polar surface area (TPSA) is 107 Å². The van der Waals surface area contributed by atoms with E-state index in [2.05, 4.69) is 20.6 Å². The van der Waals surface area contributed by atoms with Crippen molar-refractivity contribution in [2.45, 2.75) is 20.8 Å². The van der Waals surface area contributed by atoms with Crippen molar-refractivity contribution < 1.29 is 9.59 Å². The van der Waals surface area contributed by atoms with Crippen LogP contribution in [-0.2, 0) is 9.59 Å². The van der Waals surface area contributed by atoms with Gasteiger partial charge in [0.05, 0.1) is 11.0 Å². The molecule has 1 aliphatic rings. The molecule has 1 aliphatic heterocycles. The molecule has 1 saturated heterocycles. The van der Waals surface area contributed by atoms with Crippen LogP contribution in [0, 0.1) is 17.3 Å². The molecule has 1 aromatic heterocycles. The number of imidazole rings is 1. The number of anilines is 1. The van der Waals surface area contributed by atoms with E-state index in [1.807, 2.05) is 20.8 Å². The van der Waals surface area contributed by atoms with Crippen molar-refractivity contribution in [3.63, 3.8) is 0 Å². The maximum Gasteiger partial charge on any atom is 0.323 e. The summed E-state index contributed by atoms with van der Waals surface area (Å²) < 4.78 is 0. The highest BCUT2D eigenvalue weighted by molar-refractivity contribution is 6.08. The zero-order valence-electron chi connectivity index (χ0n) is 13.3. The van der Waals surface area contributed by atoms with Crippen LogP contribution in [0.25, 0.3) is 11.0 Å². The summed E-state index contributed by atoms with van der Waals surface area (Å²) in [6, 6.07) is 5.08. The number of nitrogens with one attached hydrogen (secondary N) is 4. The molecule has 2 amide bonds. The molecular weight excluding hydrogens is 296 g/mol. The zero-order valence-corrected chi connectivity index (χ0v) is 13.3. The van der Waals surface area contributed by atoms with Gasteiger partial charge in [-0.3, -0.25) is 9.59 Å².